The van der Waals surface area contributed by atoms with E-state index in [1.807, 2.05) is 12.1 Å². The first-order valence-corrected chi connectivity index (χ1v) is 9.56. The van der Waals surface area contributed by atoms with E-state index in [2.05, 4.69) is 29.1 Å². The van der Waals surface area contributed by atoms with Crippen LogP contribution in [0.15, 0.2) is 29.3 Å². The predicted molar refractivity (Wildman–Crippen MR) is 106 cm³/mol. The number of imide groups is 2. The standard InChI is InChI=1S/C20H26N4O4/c1-14(2)15-3-5-16(6-4-15)24-19(26)17(18(25)22-20(24)27)13-21-7-8-23-9-11-28-12-10-23/h3-6,13-14,17H,7-12H2,1-2H3,(H,22,25,27)/t17-/m0/s1. The van der Waals surface area contributed by atoms with Gasteiger partial charge in [-0.25, -0.2) is 9.69 Å². The second-order valence-corrected chi connectivity index (χ2v) is 7.20. The van der Waals surface area contributed by atoms with Crippen molar-refractivity contribution in [3.63, 3.8) is 0 Å². The van der Waals surface area contributed by atoms with Gasteiger partial charge < -0.3 is 4.74 Å². The molecule has 0 aromatic heterocycles. The highest BCUT2D eigenvalue weighted by molar-refractivity contribution is 6.32. The van der Waals surface area contributed by atoms with E-state index in [1.165, 1.54) is 6.21 Å². The monoisotopic (exact) mass is 386 g/mol. The van der Waals surface area contributed by atoms with E-state index in [9.17, 15) is 14.4 Å². The summed E-state index contributed by atoms with van der Waals surface area (Å²) in [6.45, 7) is 8.47. The summed E-state index contributed by atoms with van der Waals surface area (Å²) in [5, 5.41) is 2.25. The molecule has 0 aliphatic carbocycles. The third kappa shape index (κ3) is 4.63. The maximum absolute atomic E-state index is 12.8. The van der Waals surface area contributed by atoms with Crippen molar-refractivity contribution >= 4 is 29.7 Å². The van der Waals surface area contributed by atoms with Crippen LogP contribution in [-0.2, 0) is 14.3 Å². The molecule has 28 heavy (non-hydrogen) atoms. The maximum Gasteiger partial charge on any atom is 0.335 e. The molecule has 8 heteroatoms. The average Bonchev–Trinajstić information content (AvgIpc) is 2.68. The van der Waals surface area contributed by atoms with Crippen LogP contribution in [0.3, 0.4) is 0 Å². The van der Waals surface area contributed by atoms with Crippen LogP contribution < -0.4 is 10.2 Å². The first kappa shape index (κ1) is 20.2. The highest BCUT2D eigenvalue weighted by Crippen LogP contribution is 2.23. The van der Waals surface area contributed by atoms with E-state index in [1.54, 1.807) is 12.1 Å². The molecule has 1 aromatic carbocycles. The molecule has 0 spiro atoms. The third-order valence-electron chi connectivity index (χ3n) is 4.92. The van der Waals surface area contributed by atoms with Crippen molar-refractivity contribution in [2.75, 3.05) is 44.3 Å². The summed E-state index contributed by atoms with van der Waals surface area (Å²) in [6.07, 6.45) is 1.35. The van der Waals surface area contributed by atoms with Crippen molar-refractivity contribution in [2.45, 2.75) is 19.8 Å². The number of carbonyl (C=O) groups is 3. The van der Waals surface area contributed by atoms with Crippen molar-refractivity contribution in [3.05, 3.63) is 29.8 Å². The van der Waals surface area contributed by atoms with Crippen LogP contribution in [0.5, 0.6) is 0 Å². The highest BCUT2D eigenvalue weighted by atomic mass is 16.5. The van der Waals surface area contributed by atoms with Crippen LogP contribution in [0.2, 0.25) is 0 Å². The lowest BCUT2D eigenvalue weighted by Gasteiger charge is -2.29. The Kier molecular flexibility index (Phi) is 6.53. The van der Waals surface area contributed by atoms with E-state index in [0.717, 1.165) is 30.1 Å². The molecule has 2 aliphatic rings. The van der Waals surface area contributed by atoms with Crippen molar-refractivity contribution in [1.29, 1.82) is 0 Å². The fourth-order valence-electron chi connectivity index (χ4n) is 3.18. The van der Waals surface area contributed by atoms with Crippen LogP contribution in [0.1, 0.15) is 25.3 Å². The number of nitrogens with zero attached hydrogens (tertiary/aromatic N) is 3. The number of hydrogen-bond donors (Lipinski definition) is 1. The van der Waals surface area contributed by atoms with Gasteiger partial charge in [0.25, 0.3) is 5.91 Å². The summed E-state index contributed by atoms with van der Waals surface area (Å²) in [5.41, 5.74) is 1.54. The smallest absolute Gasteiger partial charge is 0.335 e. The molecule has 2 fully saturated rings. The van der Waals surface area contributed by atoms with Crippen molar-refractivity contribution in [3.8, 4) is 0 Å². The number of ether oxygens (including phenoxy) is 1. The number of benzene rings is 1. The number of amides is 4. The molecule has 1 aromatic rings. The lowest BCUT2D eigenvalue weighted by atomic mass is 10.0. The minimum Gasteiger partial charge on any atom is -0.379 e. The lowest BCUT2D eigenvalue weighted by Crippen LogP contribution is -2.58. The summed E-state index contributed by atoms with van der Waals surface area (Å²) in [5.74, 6) is -1.98. The number of carbonyl (C=O) groups excluding carboxylic acids is 3. The Morgan fingerprint density at radius 1 is 1.18 bits per heavy atom. The first-order valence-electron chi connectivity index (χ1n) is 9.56. The van der Waals surface area contributed by atoms with Crippen LogP contribution in [0, 0.1) is 5.92 Å². The number of morpholine rings is 1. The summed E-state index contributed by atoms with van der Waals surface area (Å²) in [6, 6.07) is 6.46. The van der Waals surface area contributed by atoms with Crippen LogP contribution in [0.25, 0.3) is 0 Å². The molecule has 2 aliphatic heterocycles. The molecule has 150 valence electrons. The van der Waals surface area contributed by atoms with Gasteiger partial charge in [0.1, 0.15) is 0 Å². The molecule has 4 amide bonds. The van der Waals surface area contributed by atoms with E-state index in [4.69, 9.17) is 4.74 Å². The van der Waals surface area contributed by atoms with Crippen molar-refractivity contribution in [2.24, 2.45) is 10.9 Å². The number of barbiturate groups is 1. The fraction of sp³-hybridized carbons (Fsp3) is 0.500. The van der Waals surface area contributed by atoms with Gasteiger partial charge in [-0.1, -0.05) is 26.0 Å². The summed E-state index contributed by atoms with van der Waals surface area (Å²) in [7, 11) is 0. The number of anilines is 1. The zero-order valence-electron chi connectivity index (χ0n) is 16.3. The number of aliphatic imine (C=N–C) groups is 1. The second-order valence-electron chi connectivity index (χ2n) is 7.20. The Bertz CT molecular complexity index is 754. The van der Waals surface area contributed by atoms with Gasteiger partial charge in [-0.05, 0) is 23.6 Å². The zero-order chi connectivity index (χ0) is 20.1. The quantitative estimate of drug-likeness (QED) is 0.590. The second kappa shape index (κ2) is 9.07. The summed E-state index contributed by atoms with van der Waals surface area (Å²) < 4.78 is 5.30. The Hall–Kier alpha value is -2.58. The molecule has 0 unspecified atom stereocenters. The van der Waals surface area contributed by atoms with Gasteiger partial charge in [0.05, 0.1) is 25.4 Å². The summed E-state index contributed by atoms with van der Waals surface area (Å²) in [4.78, 5) is 44.6. The molecule has 0 saturated carbocycles. The summed E-state index contributed by atoms with van der Waals surface area (Å²) >= 11 is 0. The highest BCUT2D eigenvalue weighted by Gasteiger charge is 2.40. The number of rotatable bonds is 6. The third-order valence-corrected chi connectivity index (χ3v) is 4.92. The minimum atomic E-state index is -1.10. The number of hydrogen-bond acceptors (Lipinski definition) is 6. The Balaban J connectivity index is 1.66. The Labute approximate surface area is 164 Å². The molecule has 2 saturated heterocycles. The number of urea groups is 1. The SMILES string of the molecule is CC(C)c1ccc(N2C(=O)NC(=O)[C@H](C=NCCN3CCOCC3)C2=O)cc1. The lowest BCUT2D eigenvalue weighted by molar-refractivity contribution is -0.131. The van der Waals surface area contributed by atoms with Gasteiger partial charge >= 0.3 is 6.03 Å². The Morgan fingerprint density at radius 3 is 2.50 bits per heavy atom. The van der Waals surface area contributed by atoms with Gasteiger partial charge in [0, 0.05) is 25.8 Å². The molecule has 2 heterocycles. The normalized spacial score (nSPS) is 21.6. The van der Waals surface area contributed by atoms with Gasteiger partial charge in [0.2, 0.25) is 5.91 Å². The molecule has 8 nitrogen and oxygen atoms in total. The predicted octanol–water partition coefficient (Wildman–Crippen LogP) is 1.41. The van der Waals surface area contributed by atoms with Crippen LogP contribution in [0.4, 0.5) is 10.5 Å². The largest absolute Gasteiger partial charge is 0.379 e. The van der Waals surface area contributed by atoms with E-state index in [-0.39, 0.29) is 0 Å². The number of nitrogens with one attached hydrogen (secondary N) is 1. The van der Waals surface area contributed by atoms with Crippen molar-refractivity contribution in [1.82, 2.24) is 10.2 Å². The maximum atomic E-state index is 12.8. The van der Waals surface area contributed by atoms with Crippen LogP contribution in [-0.4, -0.2) is 68.4 Å². The molecule has 1 N–H and O–H groups in total. The zero-order valence-corrected chi connectivity index (χ0v) is 16.3. The average molecular weight is 386 g/mol. The van der Waals surface area contributed by atoms with Gasteiger partial charge in [0.15, 0.2) is 5.92 Å². The fourth-order valence-corrected chi connectivity index (χ4v) is 3.18. The van der Waals surface area contributed by atoms with Gasteiger partial charge in [-0.15, -0.1) is 0 Å². The minimum absolute atomic E-state index is 0.341. The Morgan fingerprint density at radius 2 is 1.86 bits per heavy atom. The molecule has 0 radical (unpaired) electrons. The first-order chi connectivity index (χ1) is 13.5. The molecular formula is C20H26N4O4. The topological polar surface area (TPSA) is 91.3 Å². The van der Waals surface area contributed by atoms with Crippen molar-refractivity contribution < 1.29 is 19.1 Å². The van der Waals surface area contributed by atoms with Gasteiger partial charge in [-0.3, -0.25) is 24.8 Å². The molecular weight excluding hydrogens is 360 g/mol. The molecule has 1 atom stereocenters. The van der Waals surface area contributed by atoms with Crippen LogP contribution >= 0.6 is 0 Å². The molecule has 3 rings (SSSR count). The van der Waals surface area contributed by atoms with E-state index in [0.29, 0.717) is 31.4 Å². The molecule has 0 bridgehead atoms. The van der Waals surface area contributed by atoms with E-state index >= 15 is 0 Å². The van der Waals surface area contributed by atoms with Gasteiger partial charge in [-0.2, -0.15) is 0 Å². The van der Waals surface area contributed by atoms with E-state index < -0.39 is 23.8 Å².